The van der Waals surface area contributed by atoms with Crippen molar-refractivity contribution in [3.8, 4) is 5.75 Å². The number of methoxy groups -OCH3 is 1. The molecule has 0 saturated heterocycles. The van der Waals surface area contributed by atoms with Crippen molar-refractivity contribution < 1.29 is 22.7 Å². The second-order valence-electron chi connectivity index (χ2n) is 5.83. The van der Waals surface area contributed by atoms with Crippen LogP contribution in [0.3, 0.4) is 0 Å². The Labute approximate surface area is 158 Å². The molecule has 0 atom stereocenters. The summed E-state index contributed by atoms with van der Waals surface area (Å²) in [5.41, 5.74) is 0.501. The van der Waals surface area contributed by atoms with E-state index in [0.29, 0.717) is 11.4 Å². The number of benzene rings is 2. The SMILES string of the molecule is COc1ccc(NS(=O)(=O)c2cccc(C(=O)NCC(=O)N(C)C)c2)cc1. The van der Waals surface area contributed by atoms with E-state index in [2.05, 4.69) is 10.0 Å². The second kappa shape index (κ2) is 8.54. The molecule has 0 aliphatic heterocycles. The number of amides is 2. The average Bonchev–Trinajstić information content (AvgIpc) is 2.66. The lowest BCUT2D eigenvalue weighted by Gasteiger charge is -2.12. The number of likely N-dealkylation sites (N-methyl/N-ethyl adjacent to an activating group) is 1. The van der Waals surface area contributed by atoms with Crippen molar-refractivity contribution in [2.24, 2.45) is 0 Å². The molecule has 0 radical (unpaired) electrons. The molecule has 9 heteroatoms. The molecule has 0 unspecified atom stereocenters. The zero-order valence-electron chi connectivity index (χ0n) is 15.2. The van der Waals surface area contributed by atoms with Gasteiger partial charge in [-0.2, -0.15) is 0 Å². The Morgan fingerprint density at radius 1 is 1.07 bits per heavy atom. The van der Waals surface area contributed by atoms with Gasteiger partial charge in [0.15, 0.2) is 0 Å². The van der Waals surface area contributed by atoms with Crippen molar-refractivity contribution in [1.29, 1.82) is 0 Å². The lowest BCUT2D eigenvalue weighted by atomic mass is 10.2. The minimum Gasteiger partial charge on any atom is -0.497 e. The van der Waals surface area contributed by atoms with E-state index in [1.54, 1.807) is 38.4 Å². The van der Waals surface area contributed by atoms with Crippen molar-refractivity contribution in [1.82, 2.24) is 10.2 Å². The number of anilines is 1. The summed E-state index contributed by atoms with van der Waals surface area (Å²) < 4.78 is 32.6. The number of ether oxygens (including phenoxy) is 1. The summed E-state index contributed by atoms with van der Waals surface area (Å²) in [4.78, 5) is 25.0. The van der Waals surface area contributed by atoms with E-state index in [-0.39, 0.29) is 22.9 Å². The predicted octanol–water partition coefficient (Wildman–Crippen LogP) is 1.31. The zero-order chi connectivity index (χ0) is 20.0. The largest absolute Gasteiger partial charge is 0.497 e. The maximum atomic E-state index is 12.6. The number of carbonyl (C=O) groups is 2. The fraction of sp³-hybridized carbons (Fsp3) is 0.222. The molecule has 2 aromatic rings. The number of sulfonamides is 1. The maximum Gasteiger partial charge on any atom is 0.261 e. The van der Waals surface area contributed by atoms with Crippen LogP contribution in [0.25, 0.3) is 0 Å². The molecule has 8 nitrogen and oxygen atoms in total. The fourth-order valence-electron chi connectivity index (χ4n) is 2.09. The molecule has 0 saturated carbocycles. The molecule has 2 aromatic carbocycles. The topological polar surface area (TPSA) is 105 Å². The smallest absolute Gasteiger partial charge is 0.261 e. The molecule has 27 heavy (non-hydrogen) atoms. The summed E-state index contributed by atoms with van der Waals surface area (Å²) in [5.74, 6) is -0.205. The van der Waals surface area contributed by atoms with Crippen molar-refractivity contribution in [2.75, 3.05) is 32.5 Å². The Balaban J connectivity index is 2.14. The first-order valence-corrected chi connectivity index (χ1v) is 9.46. The van der Waals surface area contributed by atoms with Gasteiger partial charge in [0.25, 0.3) is 15.9 Å². The number of rotatable bonds is 7. The Hall–Kier alpha value is -3.07. The van der Waals surface area contributed by atoms with E-state index in [1.165, 1.54) is 36.3 Å². The van der Waals surface area contributed by atoms with E-state index in [1.807, 2.05) is 0 Å². The Kier molecular flexibility index (Phi) is 6.40. The van der Waals surface area contributed by atoms with Crippen molar-refractivity contribution in [2.45, 2.75) is 4.90 Å². The Morgan fingerprint density at radius 2 is 1.74 bits per heavy atom. The third-order valence-corrected chi connectivity index (χ3v) is 5.03. The lowest BCUT2D eigenvalue weighted by molar-refractivity contribution is -0.127. The molecule has 2 rings (SSSR count). The van der Waals surface area contributed by atoms with Gasteiger partial charge in [0.2, 0.25) is 5.91 Å². The molecule has 144 valence electrons. The number of hydrogen-bond acceptors (Lipinski definition) is 5. The fourth-order valence-corrected chi connectivity index (χ4v) is 3.20. The lowest BCUT2D eigenvalue weighted by Crippen LogP contribution is -2.36. The molecule has 0 aliphatic rings. The average molecular weight is 391 g/mol. The summed E-state index contributed by atoms with van der Waals surface area (Å²) >= 11 is 0. The van der Waals surface area contributed by atoms with Gasteiger partial charge in [-0.15, -0.1) is 0 Å². The van der Waals surface area contributed by atoms with E-state index < -0.39 is 15.9 Å². The molecule has 0 aromatic heterocycles. The highest BCUT2D eigenvalue weighted by atomic mass is 32.2. The first-order chi connectivity index (χ1) is 12.7. The second-order valence-corrected chi connectivity index (χ2v) is 7.52. The van der Waals surface area contributed by atoms with E-state index in [9.17, 15) is 18.0 Å². The molecule has 0 bridgehead atoms. The highest BCUT2D eigenvalue weighted by molar-refractivity contribution is 7.92. The zero-order valence-corrected chi connectivity index (χ0v) is 16.0. The molecule has 0 heterocycles. The number of hydrogen-bond donors (Lipinski definition) is 2. The van der Waals surface area contributed by atoms with Gasteiger partial charge in [-0.25, -0.2) is 8.42 Å². The predicted molar refractivity (Wildman–Crippen MR) is 101 cm³/mol. The van der Waals surface area contributed by atoms with Crippen LogP contribution in [-0.4, -0.2) is 52.9 Å². The van der Waals surface area contributed by atoms with Crippen LogP contribution < -0.4 is 14.8 Å². The summed E-state index contributed by atoms with van der Waals surface area (Å²) in [6.07, 6.45) is 0. The van der Waals surface area contributed by atoms with Crippen molar-refractivity contribution >= 4 is 27.5 Å². The van der Waals surface area contributed by atoms with E-state index in [0.717, 1.165) is 0 Å². The van der Waals surface area contributed by atoms with Gasteiger partial charge in [-0.3, -0.25) is 14.3 Å². The highest BCUT2D eigenvalue weighted by Crippen LogP contribution is 2.20. The molecule has 0 aliphatic carbocycles. The summed E-state index contributed by atoms with van der Waals surface area (Å²) in [6, 6.07) is 12.0. The molecular formula is C18H21N3O5S. The van der Waals surface area contributed by atoms with Crippen LogP contribution in [-0.2, 0) is 14.8 Å². The van der Waals surface area contributed by atoms with Crippen LogP contribution >= 0.6 is 0 Å². The molecule has 2 amide bonds. The third-order valence-electron chi connectivity index (χ3n) is 3.65. The van der Waals surface area contributed by atoms with Gasteiger partial charge in [0, 0.05) is 25.3 Å². The minimum absolute atomic E-state index is 0.0649. The van der Waals surface area contributed by atoms with Crippen molar-refractivity contribution in [3.05, 3.63) is 54.1 Å². The molecule has 0 spiro atoms. The van der Waals surface area contributed by atoms with Crippen LogP contribution in [0.2, 0.25) is 0 Å². The number of nitrogens with zero attached hydrogens (tertiary/aromatic N) is 1. The first kappa shape index (κ1) is 20.2. The third kappa shape index (κ3) is 5.45. The summed E-state index contributed by atoms with van der Waals surface area (Å²) in [7, 11) is 0.788. The van der Waals surface area contributed by atoms with Gasteiger partial charge in [0.1, 0.15) is 5.75 Å². The van der Waals surface area contributed by atoms with Crippen molar-refractivity contribution in [3.63, 3.8) is 0 Å². The van der Waals surface area contributed by atoms with E-state index >= 15 is 0 Å². The maximum absolute atomic E-state index is 12.6. The van der Waals surface area contributed by atoms with Crippen LogP contribution in [0.5, 0.6) is 5.75 Å². The molecular weight excluding hydrogens is 370 g/mol. The quantitative estimate of drug-likeness (QED) is 0.741. The normalized spacial score (nSPS) is 10.8. The van der Waals surface area contributed by atoms with E-state index in [4.69, 9.17) is 4.74 Å². The van der Waals surface area contributed by atoms with Crippen LogP contribution in [0.1, 0.15) is 10.4 Å². The standard InChI is InChI=1S/C18H21N3O5S/c1-21(2)17(22)12-19-18(23)13-5-4-6-16(11-13)27(24,25)20-14-7-9-15(26-3)10-8-14/h4-11,20H,12H2,1-3H3,(H,19,23). The number of nitrogens with one attached hydrogen (secondary N) is 2. The van der Waals surface area contributed by atoms with Gasteiger partial charge in [-0.05, 0) is 42.5 Å². The molecule has 0 fully saturated rings. The van der Waals surface area contributed by atoms with Gasteiger partial charge in [0.05, 0.1) is 18.6 Å². The van der Waals surface area contributed by atoms with Gasteiger partial charge < -0.3 is 15.0 Å². The van der Waals surface area contributed by atoms with Gasteiger partial charge >= 0.3 is 0 Å². The molecule has 2 N–H and O–H groups in total. The summed E-state index contributed by atoms with van der Waals surface area (Å²) in [5, 5.41) is 2.46. The minimum atomic E-state index is -3.88. The highest BCUT2D eigenvalue weighted by Gasteiger charge is 2.17. The van der Waals surface area contributed by atoms with Crippen LogP contribution in [0.15, 0.2) is 53.4 Å². The van der Waals surface area contributed by atoms with Gasteiger partial charge in [-0.1, -0.05) is 6.07 Å². The first-order valence-electron chi connectivity index (χ1n) is 7.98. The Morgan fingerprint density at radius 3 is 2.33 bits per heavy atom. The number of carbonyl (C=O) groups excluding carboxylic acids is 2. The van der Waals surface area contributed by atoms with Crippen LogP contribution in [0.4, 0.5) is 5.69 Å². The monoisotopic (exact) mass is 391 g/mol. The van der Waals surface area contributed by atoms with Crippen LogP contribution in [0, 0.1) is 0 Å². The Bertz CT molecular complexity index is 924. The summed E-state index contributed by atoms with van der Waals surface area (Å²) in [6.45, 7) is -0.174.